The molecule has 0 aliphatic rings. The number of benzene rings is 1. The van der Waals surface area contributed by atoms with Crippen molar-refractivity contribution in [3.63, 3.8) is 0 Å². The Hall–Kier alpha value is -1.87. The van der Waals surface area contributed by atoms with E-state index in [0.717, 1.165) is 16.7 Å². The molecule has 98 valence electrons. The summed E-state index contributed by atoms with van der Waals surface area (Å²) in [5.41, 5.74) is 3.63. The van der Waals surface area contributed by atoms with Crippen molar-refractivity contribution in [1.82, 2.24) is 10.3 Å². The van der Waals surface area contributed by atoms with Crippen LogP contribution in [0.1, 0.15) is 27.0 Å². The lowest BCUT2D eigenvalue weighted by Crippen LogP contribution is -2.23. The predicted molar refractivity (Wildman–Crippen MR) is 76.1 cm³/mol. The van der Waals surface area contributed by atoms with E-state index in [1.807, 2.05) is 37.3 Å². The highest BCUT2D eigenvalue weighted by molar-refractivity contribution is 6.17. The standard InChI is InChI=1S/C15H15ClN2O/c1-11-5-14(10-17-8-11)15(19)18-9-13-4-2-3-12(6-13)7-16/h2-6,8,10H,7,9H2,1H3,(H,18,19). The Morgan fingerprint density at radius 3 is 2.79 bits per heavy atom. The molecule has 4 heteroatoms. The average Bonchev–Trinajstić information content (AvgIpc) is 2.45. The maximum absolute atomic E-state index is 11.9. The molecule has 1 N–H and O–H groups in total. The first-order chi connectivity index (χ1) is 9.19. The Labute approximate surface area is 117 Å². The molecular formula is C15H15ClN2O. The molecule has 3 nitrogen and oxygen atoms in total. The molecule has 2 aromatic rings. The van der Waals surface area contributed by atoms with Crippen LogP contribution in [0.3, 0.4) is 0 Å². The number of hydrogen-bond donors (Lipinski definition) is 1. The molecule has 19 heavy (non-hydrogen) atoms. The van der Waals surface area contributed by atoms with Crippen molar-refractivity contribution in [3.8, 4) is 0 Å². The van der Waals surface area contributed by atoms with Crippen molar-refractivity contribution in [2.75, 3.05) is 0 Å². The number of nitrogens with one attached hydrogen (secondary N) is 1. The number of aromatic nitrogens is 1. The molecule has 0 radical (unpaired) electrons. The number of hydrogen-bond acceptors (Lipinski definition) is 2. The first-order valence-corrected chi connectivity index (χ1v) is 6.56. The number of carbonyl (C=O) groups excluding carboxylic acids is 1. The minimum absolute atomic E-state index is 0.118. The van der Waals surface area contributed by atoms with E-state index in [-0.39, 0.29) is 5.91 Å². The van der Waals surface area contributed by atoms with Gasteiger partial charge in [0.25, 0.3) is 5.91 Å². The van der Waals surface area contributed by atoms with Crippen LogP contribution in [0.5, 0.6) is 0 Å². The summed E-state index contributed by atoms with van der Waals surface area (Å²) >= 11 is 5.78. The highest BCUT2D eigenvalue weighted by Crippen LogP contribution is 2.08. The van der Waals surface area contributed by atoms with Crippen LogP contribution >= 0.6 is 11.6 Å². The molecule has 1 aromatic heterocycles. The van der Waals surface area contributed by atoms with E-state index >= 15 is 0 Å². The van der Waals surface area contributed by atoms with E-state index in [1.165, 1.54) is 0 Å². The smallest absolute Gasteiger partial charge is 0.253 e. The Balaban J connectivity index is 2.00. The Morgan fingerprint density at radius 1 is 1.26 bits per heavy atom. The van der Waals surface area contributed by atoms with E-state index in [0.29, 0.717) is 18.0 Å². The van der Waals surface area contributed by atoms with Gasteiger partial charge < -0.3 is 5.32 Å². The predicted octanol–water partition coefficient (Wildman–Crippen LogP) is 3.06. The third kappa shape index (κ3) is 3.80. The molecule has 0 aliphatic carbocycles. The van der Waals surface area contributed by atoms with Gasteiger partial charge in [0.05, 0.1) is 5.56 Å². The molecule has 0 aliphatic heterocycles. The van der Waals surface area contributed by atoms with Crippen LogP contribution in [0.4, 0.5) is 0 Å². The van der Waals surface area contributed by atoms with E-state index in [2.05, 4.69) is 10.3 Å². The highest BCUT2D eigenvalue weighted by Gasteiger charge is 2.05. The third-order valence-corrected chi connectivity index (χ3v) is 3.04. The molecule has 1 aromatic carbocycles. The second-order valence-corrected chi connectivity index (χ2v) is 4.65. The summed E-state index contributed by atoms with van der Waals surface area (Å²) in [6.45, 7) is 2.39. The maximum Gasteiger partial charge on any atom is 0.253 e. The first-order valence-electron chi connectivity index (χ1n) is 6.02. The van der Waals surface area contributed by atoms with Gasteiger partial charge in [0.2, 0.25) is 0 Å². The SMILES string of the molecule is Cc1cncc(C(=O)NCc2cccc(CCl)c2)c1. The number of alkyl halides is 1. The largest absolute Gasteiger partial charge is 0.348 e. The molecule has 0 fully saturated rings. The molecule has 0 spiro atoms. The second kappa shape index (κ2) is 6.34. The molecule has 1 heterocycles. The Kier molecular flexibility index (Phi) is 4.53. The number of pyridine rings is 1. The van der Waals surface area contributed by atoms with Crippen molar-refractivity contribution in [3.05, 3.63) is 65.0 Å². The summed E-state index contributed by atoms with van der Waals surface area (Å²) < 4.78 is 0. The van der Waals surface area contributed by atoms with Crippen LogP contribution in [0.2, 0.25) is 0 Å². The van der Waals surface area contributed by atoms with Crippen LogP contribution in [0.15, 0.2) is 42.7 Å². The van der Waals surface area contributed by atoms with Gasteiger partial charge in [-0.05, 0) is 29.7 Å². The lowest BCUT2D eigenvalue weighted by Gasteiger charge is -2.06. The Morgan fingerprint density at radius 2 is 2.05 bits per heavy atom. The fourth-order valence-electron chi connectivity index (χ4n) is 1.79. The quantitative estimate of drug-likeness (QED) is 0.871. The number of amides is 1. The van der Waals surface area contributed by atoms with Crippen molar-refractivity contribution in [2.45, 2.75) is 19.3 Å². The summed E-state index contributed by atoms with van der Waals surface area (Å²) in [6, 6.07) is 9.67. The van der Waals surface area contributed by atoms with Gasteiger partial charge in [-0.15, -0.1) is 11.6 Å². The van der Waals surface area contributed by atoms with E-state index in [1.54, 1.807) is 12.4 Å². The highest BCUT2D eigenvalue weighted by atomic mass is 35.5. The van der Waals surface area contributed by atoms with Gasteiger partial charge in [0, 0.05) is 24.8 Å². The van der Waals surface area contributed by atoms with Gasteiger partial charge in [0.15, 0.2) is 0 Å². The van der Waals surface area contributed by atoms with Crippen molar-refractivity contribution in [2.24, 2.45) is 0 Å². The zero-order valence-corrected chi connectivity index (χ0v) is 11.4. The zero-order chi connectivity index (χ0) is 13.7. The van der Waals surface area contributed by atoms with Gasteiger partial charge in [-0.1, -0.05) is 24.3 Å². The molecule has 0 saturated heterocycles. The fraction of sp³-hybridized carbons (Fsp3) is 0.200. The van der Waals surface area contributed by atoms with Crippen LogP contribution in [0, 0.1) is 6.92 Å². The molecule has 0 bridgehead atoms. The van der Waals surface area contributed by atoms with Crippen LogP contribution < -0.4 is 5.32 Å². The fourth-order valence-corrected chi connectivity index (χ4v) is 1.95. The molecule has 2 rings (SSSR count). The number of aryl methyl sites for hydroxylation is 1. The minimum atomic E-state index is -0.118. The summed E-state index contributed by atoms with van der Waals surface area (Å²) in [7, 11) is 0. The average molecular weight is 275 g/mol. The minimum Gasteiger partial charge on any atom is -0.348 e. The molecule has 0 atom stereocenters. The summed E-state index contributed by atoms with van der Waals surface area (Å²) in [4.78, 5) is 16.0. The van der Waals surface area contributed by atoms with Crippen molar-refractivity contribution < 1.29 is 4.79 Å². The van der Waals surface area contributed by atoms with Crippen molar-refractivity contribution in [1.29, 1.82) is 0 Å². The summed E-state index contributed by atoms with van der Waals surface area (Å²) in [5, 5.41) is 2.87. The first kappa shape index (κ1) is 13.6. The number of halogens is 1. The van der Waals surface area contributed by atoms with Crippen LogP contribution in [-0.2, 0) is 12.4 Å². The third-order valence-electron chi connectivity index (χ3n) is 2.74. The van der Waals surface area contributed by atoms with E-state index < -0.39 is 0 Å². The van der Waals surface area contributed by atoms with Crippen molar-refractivity contribution >= 4 is 17.5 Å². The Bertz CT molecular complexity index is 584. The van der Waals surface area contributed by atoms with Gasteiger partial charge >= 0.3 is 0 Å². The molecule has 0 unspecified atom stereocenters. The second-order valence-electron chi connectivity index (χ2n) is 4.39. The van der Waals surface area contributed by atoms with Gasteiger partial charge in [-0.2, -0.15) is 0 Å². The normalized spacial score (nSPS) is 10.2. The number of nitrogens with zero attached hydrogens (tertiary/aromatic N) is 1. The maximum atomic E-state index is 11.9. The summed E-state index contributed by atoms with van der Waals surface area (Å²) in [6.07, 6.45) is 3.29. The number of carbonyl (C=O) groups is 1. The zero-order valence-electron chi connectivity index (χ0n) is 10.7. The lowest BCUT2D eigenvalue weighted by atomic mass is 10.1. The van der Waals surface area contributed by atoms with E-state index in [9.17, 15) is 4.79 Å². The van der Waals surface area contributed by atoms with Crippen LogP contribution in [-0.4, -0.2) is 10.9 Å². The molecule has 1 amide bonds. The summed E-state index contributed by atoms with van der Waals surface area (Å²) in [5.74, 6) is 0.358. The van der Waals surface area contributed by atoms with E-state index in [4.69, 9.17) is 11.6 Å². The molecular weight excluding hydrogens is 260 g/mol. The van der Waals surface area contributed by atoms with Gasteiger partial charge in [-0.3, -0.25) is 9.78 Å². The van der Waals surface area contributed by atoms with Gasteiger partial charge in [0.1, 0.15) is 0 Å². The number of rotatable bonds is 4. The lowest BCUT2D eigenvalue weighted by molar-refractivity contribution is 0.0950. The monoisotopic (exact) mass is 274 g/mol. The topological polar surface area (TPSA) is 42.0 Å². The van der Waals surface area contributed by atoms with Crippen LogP contribution in [0.25, 0.3) is 0 Å². The van der Waals surface area contributed by atoms with Gasteiger partial charge in [-0.25, -0.2) is 0 Å². The molecule has 0 saturated carbocycles.